The van der Waals surface area contributed by atoms with E-state index in [4.69, 9.17) is 4.74 Å². The van der Waals surface area contributed by atoms with Crippen molar-refractivity contribution in [2.45, 2.75) is 26.2 Å². The van der Waals surface area contributed by atoms with Gasteiger partial charge >= 0.3 is 0 Å². The zero-order valence-electron chi connectivity index (χ0n) is 14.5. The summed E-state index contributed by atoms with van der Waals surface area (Å²) in [6.45, 7) is 6.66. The molecule has 1 N–H and O–H groups in total. The first kappa shape index (κ1) is 16.5. The van der Waals surface area contributed by atoms with Crippen LogP contribution in [0.5, 0.6) is 5.75 Å². The summed E-state index contributed by atoms with van der Waals surface area (Å²) in [6, 6.07) is 16.5. The van der Waals surface area contributed by atoms with E-state index in [0.29, 0.717) is 0 Å². The second kappa shape index (κ2) is 6.65. The number of nitrogens with zero attached hydrogens (tertiary/aromatic N) is 1. The summed E-state index contributed by atoms with van der Waals surface area (Å²) in [5.74, 6) is 0.841. The van der Waals surface area contributed by atoms with Crippen LogP contribution in [0, 0.1) is 0 Å². The number of thiazole rings is 1. The first-order chi connectivity index (χ1) is 11.5. The minimum atomic E-state index is 0.166. The molecule has 2 aromatic carbocycles. The molecule has 1 aromatic heterocycles. The van der Waals surface area contributed by atoms with Crippen molar-refractivity contribution in [3.8, 4) is 17.0 Å². The SMILES string of the molecule is COc1cccc(-c2csc(Nc3ccc(C(C)(C)C)cc3)n2)c1. The molecule has 124 valence electrons. The van der Waals surface area contributed by atoms with Gasteiger partial charge in [0.15, 0.2) is 5.13 Å². The van der Waals surface area contributed by atoms with Gasteiger partial charge in [0.1, 0.15) is 5.75 Å². The Morgan fingerprint density at radius 1 is 1.04 bits per heavy atom. The monoisotopic (exact) mass is 338 g/mol. The molecule has 0 aliphatic heterocycles. The molecule has 0 aliphatic rings. The number of rotatable bonds is 4. The lowest BCUT2D eigenvalue weighted by atomic mass is 9.87. The summed E-state index contributed by atoms with van der Waals surface area (Å²) in [4.78, 5) is 4.67. The zero-order chi connectivity index (χ0) is 17.2. The summed E-state index contributed by atoms with van der Waals surface area (Å²) in [6.07, 6.45) is 0. The highest BCUT2D eigenvalue weighted by Gasteiger charge is 2.13. The molecule has 0 aliphatic carbocycles. The number of hydrogen-bond acceptors (Lipinski definition) is 4. The highest BCUT2D eigenvalue weighted by molar-refractivity contribution is 7.14. The van der Waals surface area contributed by atoms with Crippen molar-refractivity contribution < 1.29 is 4.74 Å². The molecule has 0 saturated carbocycles. The molecule has 0 radical (unpaired) electrons. The van der Waals surface area contributed by atoms with Crippen molar-refractivity contribution in [3.05, 3.63) is 59.5 Å². The molecule has 0 fully saturated rings. The lowest BCUT2D eigenvalue weighted by Crippen LogP contribution is -2.10. The maximum atomic E-state index is 5.28. The fourth-order valence-corrected chi connectivity index (χ4v) is 3.16. The third kappa shape index (κ3) is 3.77. The van der Waals surface area contributed by atoms with Gasteiger partial charge in [-0.15, -0.1) is 11.3 Å². The normalized spacial score (nSPS) is 11.3. The summed E-state index contributed by atoms with van der Waals surface area (Å²) in [5.41, 5.74) is 4.55. The van der Waals surface area contributed by atoms with Crippen molar-refractivity contribution in [1.82, 2.24) is 4.98 Å². The predicted octanol–water partition coefficient (Wildman–Crippen LogP) is 5.86. The summed E-state index contributed by atoms with van der Waals surface area (Å²) in [7, 11) is 1.67. The van der Waals surface area contributed by atoms with Crippen molar-refractivity contribution in [1.29, 1.82) is 0 Å². The Balaban J connectivity index is 1.76. The molecule has 0 atom stereocenters. The van der Waals surface area contributed by atoms with Gasteiger partial charge in [0.25, 0.3) is 0 Å². The summed E-state index contributed by atoms with van der Waals surface area (Å²) in [5, 5.41) is 6.32. The van der Waals surface area contributed by atoms with Crippen LogP contribution in [-0.4, -0.2) is 12.1 Å². The predicted molar refractivity (Wildman–Crippen MR) is 103 cm³/mol. The summed E-state index contributed by atoms with van der Waals surface area (Å²) < 4.78 is 5.28. The third-order valence-corrected chi connectivity index (χ3v) is 4.63. The largest absolute Gasteiger partial charge is 0.497 e. The molecule has 0 unspecified atom stereocenters. The van der Waals surface area contributed by atoms with Gasteiger partial charge in [-0.3, -0.25) is 0 Å². The maximum Gasteiger partial charge on any atom is 0.187 e. The summed E-state index contributed by atoms with van der Waals surface area (Å²) >= 11 is 1.60. The molecular formula is C20H22N2OS. The van der Waals surface area contributed by atoms with Crippen LogP contribution in [0.3, 0.4) is 0 Å². The van der Waals surface area contributed by atoms with Gasteiger partial charge in [0.2, 0.25) is 0 Å². The van der Waals surface area contributed by atoms with Crippen LogP contribution in [0.15, 0.2) is 53.9 Å². The molecule has 3 rings (SSSR count). The van der Waals surface area contributed by atoms with E-state index in [1.807, 2.05) is 24.3 Å². The average Bonchev–Trinajstić information content (AvgIpc) is 3.03. The molecular weight excluding hydrogens is 316 g/mol. The minimum Gasteiger partial charge on any atom is -0.497 e. The van der Waals surface area contributed by atoms with Crippen molar-refractivity contribution >= 4 is 22.2 Å². The Kier molecular flexibility index (Phi) is 4.58. The number of ether oxygens (including phenoxy) is 1. The van der Waals surface area contributed by atoms with E-state index in [0.717, 1.165) is 27.8 Å². The number of hydrogen-bond donors (Lipinski definition) is 1. The first-order valence-corrected chi connectivity index (χ1v) is 8.81. The lowest BCUT2D eigenvalue weighted by molar-refractivity contribution is 0.415. The molecule has 4 heteroatoms. The van der Waals surface area contributed by atoms with E-state index in [2.05, 4.69) is 60.7 Å². The van der Waals surface area contributed by atoms with E-state index in [1.54, 1.807) is 18.4 Å². The van der Waals surface area contributed by atoms with Crippen LogP contribution in [0.4, 0.5) is 10.8 Å². The van der Waals surface area contributed by atoms with Gasteiger partial charge < -0.3 is 10.1 Å². The first-order valence-electron chi connectivity index (χ1n) is 7.93. The molecule has 1 heterocycles. The van der Waals surface area contributed by atoms with Gasteiger partial charge in [0.05, 0.1) is 12.8 Å². The third-order valence-electron chi connectivity index (χ3n) is 3.87. The van der Waals surface area contributed by atoms with Crippen LogP contribution in [0.25, 0.3) is 11.3 Å². The zero-order valence-corrected chi connectivity index (χ0v) is 15.3. The standard InChI is InChI=1S/C20H22N2OS/c1-20(2,3)15-8-10-16(11-9-15)21-19-22-18(13-24-19)14-6-5-7-17(12-14)23-4/h5-13H,1-4H3,(H,21,22). The highest BCUT2D eigenvalue weighted by Crippen LogP contribution is 2.30. The van der Waals surface area contributed by atoms with Gasteiger partial charge in [-0.1, -0.05) is 45.0 Å². The average molecular weight is 338 g/mol. The van der Waals surface area contributed by atoms with Crippen LogP contribution >= 0.6 is 11.3 Å². The Morgan fingerprint density at radius 3 is 2.46 bits per heavy atom. The van der Waals surface area contributed by atoms with E-state index in [1.165, 1.54) is 5.56 Å². The quantitative estimate of drug-likeness (QED) is 0.647. The topological polar surface area (TPSA) is 34.1 Å². The van der Waals surface area contributed by atoms with Crippen LogP contribution < -0.4 is 10.1 Å². The Labute approximate surface area is 147 Å². The van der Waals surface area contributed by atoms with Crippen LogP contribution in [-0.2, 0) is 5.41 Å². The van der Waals surface area contributed by atoms with Gasteiger partial charge in [0, 0.05) is 16.6 Å². The molecule has 3 nitrogen and oxygen atoms in total. The minimum absolute atomic E-state index is 0.166. The smallest absolute Gasteiger partial charge is 0.187 e. The van der Waals surface area contributed by atoms with Crippen molar-refractivity contribution in [2.75, 3.05) is 12.4 Å². The fraction of sp³-hybridized carbons (Fsp3) is 0.250. The van der Waals surface area contributed by atoms with E-state index in [9.17, 15) is 0 Å². The van der Waals surface area contributed by atoms with Gasteiger partial charge in [-0.2, -0.15) is 0 Å². The molecule has 24 heavy (non-hydrogen) atoms. The van der Waals surface area contributed by atoms with E-state index in [-0.39, 0.29) is 5.41 Å². The molecule has 3 aromatic rings. The second-order valence-electron chi connectivity index (χ2n) is 6.72. The van der Waals surface area contributed by atoms with Gasteiger partial charge in [-0.05, 0) is 35.2 Å². The second-order valence-corrected chi connectivity index (χ2v) is 7.58. The molecule has 0 bridgehead atoms. The molecule has 0 amide bonds. The maximum absolute atomic E-state index is 5.28. The van der Waals surface area contributed by atoms with Crippen molar-refractivity contribution in [3.63, 3.8) is 0 Å². The van der Waals surface area contributed by atoms with E-state index < -0.39 is 0 Å². The Hall–Kier alpha value is -2.33. The molecule has 0 spiro atoms. The number of anilines is 2. The fourth-order valence-electron chi connectivity index (χ4n) is 2.42. The van der Waals surface area contributed by atoms with Gasteiger partial charge in [-0.25, -0.2) is 4.98 Å². The number of aromatic nitrogens is 1. The van der Waals surface area contributed by atoms with Crippen LogP contribution in [0.1, 0.15) is 26.3 Å². The Bertz CT molecular complexity index is 816. The highest BCUT2D eigenvalue weighted by atomic mass is 32.1. The van der Waals surface area contributed by atoms with Crippen LogP contribution in [0.2, 0.25) is 0 Å². The number of methoxy groups -OCH3 is 1. The number of nitrogens with one attached hydrogen (secondary N) is 1. The van der Waals surface area contributed by atoms with E-state index >= 15 is 0 Å². The number of benzene rings is 2. The Morgan fingerprint density at radius 2 is 1.79 bits per heavy atom. The van der Waals surface area contributed by atoms with Crippen molar-refractivity contribution in [2.24, 2.45) is 0 Å². The lowest BCUT2D eigenvalue weighted by Gasteiger charge is -2.19. The molecule has 0 saturated heterocycles.